The minimum Gasteiger partial charge on any atom is -0.389 e. The van der Waals surface area contributed by atoms with E-state index in [1.807, 2.05) is 0 Å². The minimum absolute atomic E-state index is 0.0246. The normalized spacial score (nSPS) is 19.7. The van der Waals surface area contributed by atoms with Gasteiger partial charge in [-0.2, -0.15) is 0 Å². The lowest BCUT2D eigenvalue weighted by molar-refractivity contribution is 0.0533. The lowest BCUT2D eigenvalue weighted by atomic mass is 10.2. The molecule has 0 bridgehead atoms. The first kappa shape index (κ1) is 13.8. The number of fused-ring (bicyclic) bond motifs is 1. The Morgan fingerprint density at radius 2 is 2.38 bits per heavy atom. The number of aromatic amines is 1. The summed E-state index contributed by atoms with van der Waals surface area (Å²) in [6, 6.07) is 1.72. The Morgan fingerprint density at radius 3 is 3.19 bits per heavy atom. The molecule has 1 aliphatic heterocycles. The van der Waals surface area contributed by atoms with Crippen LogP contribution in [0.15, 0.2) is 17.1 Å². The van der Waals surface area contributed by atoms with E-state index in [9.17, 15) is 14.7 Å². The van der Waals surface area contributed by atoms with E-state index >= 15 is 0 Å². The van der Waals surface area contributed by atoms with Crippen molar-refractivity contribution in [1.29, 1.82) is 0 Å². The first-order valence-corrected chi connectivity index (χ1v) is 6.69. The molecule has 1 atom stereocenters. The zero-order valence-corrected chi connectivity index (χ0v) is 11.6. The molecule has 1 fully saturated rings. The fourth-order valence-corrected chi connectivity index (χ4v) is 2.37. The van der Waals surface area contributed by atoms with E-state index in [4.69, 9.17) is 4.74 Å². The standard InChI is InChI=1S/C13H16N4O4/c1-8-4-11-14-5-10(13(20)17(11)15-8)12(19)16-2-3-21-7-9(18)6-16/h4-5,9,15,18H,2-3,6-7H2,1H3. The van der Waals surface area contributed by atoms with E-state index in [1.165, 1.54) is 15.6 Å². The van der Waals surface area contributed by atoms with Crippen molar-refractivity contribution >= 4 is 11.6 Å². The van der Waals surface area contributed by atoms with Gasteiger partial charge in [0.15, 0.2) is 5.65 Å². The summed E-state index contributed by atoms with van der Waals surface area (Å²) in [6.07, 6.45) is 0.537. The SMILES string of the molecule is Cc1cc2ncc(C(=O)N3CCOCC(O)C3)c(=O)n2[nH]1. The minimum atomic E-state index is -0.747. The van der Waals surface area contributed by atoms with Crippen molar-refractivity contribution in [3.63, 3.8) is 0 Å². The van der Waals surface area contributed by atoms with Crippen molar-refractivity contribution in [2.24, 2.45) is 0 Å². The smallest absolute Gasteiger partial charge is 0.285 e. The number of nitrogens with one attached hydrogen (secondary N) is 1. The number of amides is 1. The number of nitrogens with zero attached hydrogens (tertiary/aromatic N) is 3. The number of aryl methyl sites for hydroxylation is 1. The molecule has 8 nitrogen and oxygen atoms in total. The highest BCUT2D eigenvalue weighted by molar-refractivity contribution is 5.93. The van der Waals surface area contributed by atoms with Crippen molar-refractivity contribution < 1.29 is 14.6 Å². The van der Waals surface area contributed by atoms with Gasteiger partial charge in [0.2, 0.25) is 0 Å². The van der Waals surface area contributed by atoms with E-state index in [2.05, 4.69) is 10.1 Å². The van der Waals surface area contributed by atoms with Crippen LogP contribution < -0.4 is 5.56 Å². The van der Waals surface area contributed by atoms with Crippen LogP contribution in [-0.2, 0) is 4.74 Å². The number of rotatable bonds is 1. The van der Waals surface area contributed by atoms with Crippen LogP contribution in [-0.4, -0.2) is 62.9 Å². The molecule has 0 radical (unpaired) electrons. The molecule has 2 aromatic heterocycles. The Kier molecular flexibility index (Phi) is 3.48. The first-order valence-electron chi connectivity index (χ1n) is 6.69. The third-order valence-corrected chi connectivity index (χ3v) is 3.39. The topological polar surface area (TPSA) is 99.9 Å². The Bertz CT molecular complexity index is 735. The van der Waals surface area contributed by atoms with Gasteiger partial charge in [-0.1, -0.05) is 0 Å². The van der Waals surface area contributed by atoms with E-state index in [0.717, 1.165) is 5.69 Å². The molecule has 0 aliphatic carbocycles. The summed E-state index contributed by atoms with van der Waals surface area (Å²) in [5.74, 6) is -0.446. The van der Waals surface area contributed by atoms with Gasteiger partial charge in [0.05, 0.1) is 19.3 Å². The van der Waals surface area contributed by atoms with Gasteiger partial charge in [0.25, 0.3) is 11.5 Å². The zero-order chi connectivity index (χ0) is 15.0. The molecular formula is C13H16N4O4. The van der Waals surface area contributed by atoms with E-state index in [-0.39, 0.29) is 18.7 Å². The molecule has 2 aromatic rings. The number of aliphatic hydroxyl groups excluding tert-OH is 1. The molecular weight excluding hydrogens is 276 g/mol. The van der Waals surface area contributed by atoms with Gasteiger partial charge in [-0.15, -0.1) is 0 Å². The molecule has 1 unspecified atom stereocenters. The summed E-state index contributed by atoms with van der Waals surface area (Å²) in [4.78, 5) is 30.3. The summed E-state index contributed by atoms with van der Waals surface area (Å²) in [6.45, 7) is 2.81. The maximum absolute atomic E-state index is 12.5. The Morgan fingerprint density at radius 1 is 1.57 bits per heavy atom. The average molecular weight is 292 g/mol. The summed E-state index contributed by atoms with van der Waals surface area (Å²) in [5.41, 5.74) is 0.775. The summed E-state index contributed by atoms with van der Waals surface area (Å²) in [5, 5.41) is 12.5. The van der Waals surface area contributed by atoms with E-state index in [1.54, 1.807) is 13.0 Å². The van der Waals surface area contributed by atoms with Crippen LogP contribution in [0.25, 0.3) is 5.65 Å². The number of ether oxygens (including phenoxy) is 1. The molecule has 21 heavy (non-hydrogen) atoms. The largest absolute Gasteiger partial charge is 0.389 e. The van der Waals surface area contributed by atoms with E-state index < -0.39 is 17.6 Å². The molecule has 1 aliphatic rings. The molecule has 1 amide bonds. The third-order valence-electron chi connectivity index (χ3n) is 3.39. The molecule has 0 aromatic carbocycles. The lowest BCUT2D eigenvalue weighted by Gasteiger charge is -2.20. The molecule has 3 rings (SSSR count). The van der Waals surface area contributed by atoms with Gasteiger partial charge in [-0.05, 0) is 6.92 Å². The lowest BCUT2D eigenvalue weighted by Crippen LogP contribution is -2.40. The number of carbonyl (C=O) groups excluding carboxylic acids is 1. The van der Waals surface area contributed by atoms with Gasteiger partial charge in [0, 0.05) is 31.0 Å². The van der Waals surface area contributed by atoms with Crippen molar-refractivity contribution in [2.45, 2.75) is 13.0 Å². The molecule has 112 valence electrons. The molecule has 0 saturated carbocycles. The Balaban J connectivity index is 1.97. The second kappa shape index (κ2) is 5.30. The predicted octanol–water partition coefficient (Wildman–Crippen LogP) is -0.836. The van der Waals surface area contributed by atoms with Crippen LogP contribution in [0.2, 0.25) is 0 Å². The van der Waals surface area contributed by atoms with E-state index in [0.29, 0.717) is 18.8 Å². The van der Waals surface area contributed by atoms with Crippen LogP contribution in [0.4, 0.5) is 0 Å². The number of aliphatic hydroxyl groups is 1. The second-order valence-electron chi connectivity index (χ2n) is 5.09. The van der Waals surface area contributed by atoms with Crippen molar-refractivity contribution in [3.8, 4) is 0 Å². The van der Waals surface area contributed by atoms with Gasteiger partial charge < -0.3 is 14.7 Å². The zero-order valence-electron chi connectivity index (χ0n) is 11.6. The number of β-amino-alcohol motifs (C(OH)–C–C–N with tert-alkyl or cyclic N) is 1. The van der Waals surface area contributed by atoms with Gasteiger partial charge in [-0.3, -0.25) is 14.7 Å². The number of hydrogen-bond donors (Lipinski definition) is 2. The van der Waals surface area contributed by atoms with Crippen LogP contribution in [0.3, 0.4) is 0 Å². The van der Waals surface area contributed by atoms with Gasteiger partial charge >= 0.3 is 0 Å². The maximum atomic E-state index is 12.5. The van der Waals surface area contributed by atoms with Crippen LogP contribution in [0.1, 0.15) is 16.1 Å². The average Bonchev–Trinajstić information content (AvgIpc) is 2.69. The fourth-order valence-electron chi connectivity index (χ4n) is 2.37. The Hall–Kier alpha value is -2.19. The maximum Gasteiger partial charge on any atom is 0.285 e. The first-order chi connectivity index (χ1) is 10.1. The fraction of sp³-hybridized carbons (Fsp3) is 0.462. The number of aromatic nitrogens is 3. The summed E-state index contributed by atoms with van der Waals surface area (Å²) >= 11 is 0. The van der Waals surface area contributed by atoms with Crippen LogP contribution >= 0.6 is 0 Å². The molecule has 3 heterocycles. The molecule has 1 saturated heterocycles. The molecule has 2 N–H and O–H groups in total. The molecule has 8 heteroatoms. The highest BCUT2D eigenvalue weighted by Crippen LogP contribution is 2.06. The number of H-pyrrole nitrogens is 1. The number of hydrogen-bond acceptors (Lipinski definition) is 5. The van der Waals surface area contributed by atoms with Crippen molar-refractivity contribution in [2.75, 3.05) is 26.3 Å². The number of carbonyl (C=O) groups is 1. The Labute approximate surface area is 119 Å². The van der Waals surface area contributed by atoms with Crippen molar-refractivity contribution in [3.05, 3.63) is 33.9 Å². The van der Waals surface area contributed by atoms with Crippen LogP contribution in [0.5, 0.6) is 0 Å². The van der Waals surface area contributed by atoms with Crippen molar-refractivity contribution in [1.82, 2.24) is 19.5 Å². The predicted molar refractivity (Wildman–Crippen MR) is 73.3 cm³/mol. The highest BCUT2D eigenvalue weighted by atomic mass is 16.5. The van der Waals surface area contributed by atoms with Crippen LogP contribution in [0, 0.1) is 6.92 Å². The quantitative estimate of drug-likeness (QED) is 0.714. The highest BCUT2D eigenvalue weighted by Gasteiger charge is 2.24. The van der Waals surface area contributed by atoms with Gasteiger partial charge in [-0.25, -0.2) is 9.50 Å². The van der Waals surface area contributed by atoms with Gasteiger partial charge in [0.1, 0.15) is 5.56 Å². The second-order valence-corrected chi connectivity index (χ2v) is 5.09. The molecule has 0 spiro atoms. The third kappa shape index (κ3) is 2.55. The summed E-state index contributed by atoms with van der Waals surface area (Å²) in [7, 11) is 0. The monoisotopic (exact) mass is 292 g/mol. The summed E-state index contributed by atoms with van der Waals surface area (Å²) < 4.78 is 6.42.